The van der Waals surface area contributed by atoms with Gasteiger partial charge in [-0.2, -0.15) is 5.10 Å². The van der Waals surface area contributed by atoms with Gasteiger partial charge in [-0.05, 0) is 30.7 Å². The predicted molar refractivity (Wildman–Crippen MR) is 105 cm³/mol. The molecule has 28 heavy (non-hydrogen) atoms. The summed E-state index contributed by atoms with van der Waals surface area (Å²) >= 11 is 0. The first-order valence-corrected chi connectivity index (χ1v) is 9.44. The highest BCUT2D eigenvalue weighted by molar-refractivity contribution is 5.99. The quantitative estimate of drug-likeness (QED) is 0.671. The van der Waals surface area contributed by atoms with Crippen molar-refractivity contribution in [3.8, 4) is 5.75 Å². The minimum absolute atomic E-state index is 0.188. The highest BCUT2D eigenvalue weighted by Gasteiger charge is 2.19. The number of anilines is 1. The number of aromatic nitrogens is 3. The Morgan fingerprint density at radius 2 is 2.14 bits per heavy atom. The Morgan fingerprint density at radius 3 is 2.93 bits per heavy atom. The molecular weight excluding hydrogens is 361 g/mol. The predicted octanol–water partition coefficient (Wildman–Crippen LogP) is 3.41. The first-order valence-electron chi connectivity index (χ1n) is 9.44. The van der Waals surface area contributed by atoms with Gasteiger partial charge in [-0.25, -0.2) is 13.9 Å². The molecule has 1 amide bonds. The molecule has 3 heterocycles. The van der Waals surface area contributed by atoms with Crippen LogP contribution < -0.4 is 15.4 Å². The van der Waals surface area contributed by atoms with E-state index in [4.69, 9.17) is 4.74 Å². The van der Waals surface area contributed by atoms with Gasteiger partial charge in [0.1, 0.15) is 29.6 Å². The molecule has 1 aliphatic rings. The van der Waals surface area contributed by atoms with Gasteiger partial charge in [0.15, 0.2) is 5.65 Å². The molecule has 1 unspecified atom stereocenters. The van der Waals surface area contributed by atoms with E-state index in [-0.39, 0.29) is 24.4 Å². The van der Waals surface area contributed by atoms with Crippen LogP contribution in [0.3, 0.4) is 0 Å². The molecule has 2 bridgehead atoms. The van der Waals surface area contributed by atoms with Crippen LogP contribution >= 0.6 is 0 Å². The molecule has 7 nitrogen and oxygen atoms in total. The van der Waals surface area contributed by atoms with Crippen LogP contribution in [0.5, 0.6) is 5.75 Å². The van der Waals surface area contributed by atoms with Crippen molar-refractivity contribution in [1.29, 1.82) is 0 Å². The molecule has 4 rings (SSSR count). The maximum absolute atomic E-state index is 13.7. The average molecular weight is 385 g/mol. The van der Waals surface area contributed by atoms with Gasteiger partial charge in [0.2, 0.25) is 0 Å². The average Bonchev–Trinajstić information content (AvgIpc) is 3.14. The van der Waals surface area contributed by atoms with Crippen LogP contribution in [0.15, 0.2) is 36.7 Å². The molecular formula is C20H24FN5O2. The number of carbonyl (C=O) groups excluding carboxylic acids is 1. The highest BCUT2D eigenvalue weighted by atomic mass is 19.1. The Bertz CT molecular complexity index is 972. The van der Waals surface area contributed by atoms with E-state index in [0.717, 1.165) is 0 Å². The number of hydrogen-bond acceptors (Lipinski definition) is 5. The van der Waals surface area contributed by atoms with Crippen molar-refractivity contribution in [1.82, 2.24) is 19.9 Å². The van der Waals surface area contributed by atoms with Crippen LogP contribution in [0.4, 0.5) is 10.2 Å². The zero-order valence-corrected chi connectivity index (χ0v) is 16.2. The normalized spacial score (nSPS) is 16.3. The Morgan fingerprint density at radius 1 is 1.32 bits per heavy atom. The molecule has 3 aromatic rings. The van der Waals surface area contributed by atoms with E-state index in [0.29, 0.717) is 41.3 Å². The largest absolute Gasteiger partial charge is 0.491 e. The van der Waals surface area contributed by atoms with E-state index in [1.165, 1.54) is 18.3 Å². The molecule has 0 saturated heterocycles. The standard InChI is InChI=1S/C18H18FN5O2.C2H6/c1-2-13-10-26-15-4-3-12(19)7-11(15)8-20-16-5-6-24-17(23-16)14(9-21-24)18(25)22-13;1-2/h3-7,9,13H,2,8,10H2,1H3,(H,20,23)(H,22,25);1-2H3. The van der Waals surface area contributed by atoms with Crippen LogP contribution in [-0.4, -0.2) is 33.2 Å². The van der Waals surface area contributed by atoms with Crippen LogP contribution in [0.2, 0.25) is 0 Å². The third kappa shape index (κ3) is 4.05. The third-order valence-electron chi connectivity index (χ3n) is 4.36. The molecule has 8 heteroatoms. The number of amides is 1. The molecule has 2 N–H and O–H groups in total. The first kappa shape index (κ1) is 19.6. The number of ether oxygens (including phenoxy) is 1. The lowest BCUT2D eigenvalue weighted by molar-refractivity contribution is 0.0921. The number of rotatable bonds is 1. The summed E-state index contributed by atoms with van der Waals surface area (Å²) in [5.41, 5.74) is 1.54. The van der Waals surface area contributed by atoms with Gasteiger partial charge in [0.05, 0.1) is 12.2 Å². The molecule has 1 atom stereocenters. The summed E-state index contributed by atoms with van der Waals surface area (Å²) in [5.74, 6) is 0.558. The summed E-state index contributed by atoms with van der Waals surface area (Å²) < 4.78 is 21.1. The monoisotopic (exact) mass is 385 g/mol. The van der Waals surface area contributed by atoms with Crippen molar-refractivity contribution in [2.24, 2.45) is 0 Å². The summed E-state index contributed by atoms with van der Waals surface area (Å²) in [6.07, 6.45) is 3.92. The molecule has 148 valence electrons. The van der Waals surface area contributed by atoms with E-state index in [1.807, 2.05) is 20.8 Å². The lowest BCUT2D eigenvalue weighted by atomic mass is 10.2. The van der Waals surface area contributed by atoms with Crippen molar-refractivity contribution in [3.63, 3.8) is 0 Å². The second kappa shape index (κ2) is 8.69. The summed E-state index contributed by atoms with van der Waals surface area (Å²) in [5, 5.41) is 10.3. The molecule has 1 aliphatic heterocycles. The Hall–Kier alpha value is -3.16. The summed E-state index contributed by atoms with van der Waals surface area (Å²) in [7, 11) is 0. The number of benzene rings is 1. The molecule has 0 saturated carbocycles. The van der Waals surface area contributed by atoms with Gasteiger partial charge >= 0.3 is 0 Å². The lowest BCUT2D eigenvalue weighted by Crippen LogP contribution is -2.38. The molecule has 1 aromatic carbocycles. The van der Waals surface area contributed by atoms with Crippen LogP contribution in [0.25, 0.3) is 5.65 Å². The van der Waals surface area contributed by atoms with Crippen molar-refractivity contribution >= 4 is 17.4 Å². The third-order valence-corrected chi connectivity index (χ3v) is 4.36. The van der Waals surface area contributed by atoms with Crippen LogP contribution in [-0.2, 0) is 6.54 Å². The zero-order chi connectivity index (χ0) is 20.1. The van der Waals surface area contributed by atoms with E-state index >= 15 is 0 Å². The number of hydrogen-bond donors (Lipinski definition) is 2. The van der Waals surface area contributed by atoms with Gasteiger partial charge in [0, 0.05) is 18.3 Å². The van der Waals surface area contributed by atoms with E-state index < -0.39 is 0 Å². The van der Waals surface area contributed by atoms with E-state index in [1.54, 1.807) is 22.8 Å². The van der Waals surface area contributed by atoms with E-state index in [9.17, 15) is 9.18 Å². The molecule has 2 aromatic heterocycles. The topological polar surface area (TPSA) is 80.6 Å². The van der Waals surface area contributed by atoms with Gasteiger partial charge in [0.25, 0.3) is 5.91 Å². The smallest absolute Gasteiger partial charge is 0.257 e. The maximum atomic E-state index is 13.7. The number of fused-ring (bicyclic) bond motifs is 2. The summed E-state index contributed by atoms with van der Waals surface area (Å²) in [6.45, 7) is 6.60. The molecule has 0 spiro atoms. The number of nitrogens with zero attached hydrogens (tertiary/aromatic N) is 3. The number of halogens is 1. The summed E-state index contributed by atoms with van der Waals surface area (Å²) in [6, 6.07) is 5.96. The van der Waals surface area contributed by atoms with Gasteiger partial charge in [-0.1, -0.05) is 20.8 Å². The first-order chi connectivity index (χ1) is 13.6. The number of carbonyl (C=O) groups is 1. The minimum atomic E-state index is -0.333. The highest BCUT2D eigenvalue weighted by Crippen LogP contribution is 2.22. The van der Waals surface area contributed by atoms with Gasteiger partial charge in [-0.15, -0.1) is 0 Å². The lowest BCUT2D eigenvalue weighted by Gasteiger charge is -2.19. The zero-order valence-electron chi connectivity index (χ0n) is 16.2. The molecule has 0 radical (unpaired) electrons. The van der Waals surface area contributed by atoms with Crippen molar-refractivity contribution < 1.29 is 13.9 Å². The maximum Gasteiger partial charge on any atom is 0.257 e. The summed E-state index contributed by atoms with van der Waals surface area (Å²) in [4.78, 5) is 17.1. The van der Waals surface area contributed by atoms with Crippen molar-refractivity contribution in [2.75, 3.05) is 11.9 Å². The Kier molecular flexibility index (Phi) is 6.08. The second-order valence-corrected chi connectivity index (χ2v) is 6.13. The SMILES string of the molecule is CC.CCC1COc2ccc(F)cc2CNc2ccn3ncc(c3n2)C(=O)N1. The van der Waals surface area contributed by atoms with Gasteiger partial charge < -0.3 is 15.4 Å². The van der Waals surface area contributed by atoms with Gasteiger partial charge in [-0.3, -0.25) is 4.79 Å². The molecule has 0 fully saturated rings. The fourth-order valence-electron chi connectivity index (χ4n) is 2.86. The minimum Gasteiger partial charge on any atom is -0.491 e. The Labute approximate surface area is 162 Å². The second-order valence-electron chi connectivity index (χ2n) is 6.13. The van der Waals surface area contributed by atoms with E-state index in [2.05, 4.69) is 20.7 Å². The van der Waals surface area contributed by atoms with Crippen molar-refractivity contribution in [3.05, 3.63) is 53.6 Å². The number of nitrogens with one attached hydrogen (secondary N) is 2. The fraction of sp³-hybridized carbons (Fsp3) is 0.350. The Balaban J connectivity index is 0.00000109. The van der Waals surface area contributed by atoms with Crippen molar-refractivity contribution in [2.45, 2.75) is 39.8 Å². The van der Waals surface area contributed by atoms with Crippen LogP contribution in [0, 0.1) is 5.82 Å². The molecule has 0 aliphatic carbocycles. The van der Waals surface area contributed by atoms with Crippen LogP contribution in [0.1, 0.15) is 43.1 Å². The fourth-order valence-corrected chi connectivity index (χ4v) is 2.86.